The van der Waals surface area contributed by atoms with Crippen LogP contribution in [0.15, 0.2) is 5.38 Å². The maximum absolute atomic E-state index is 9.95. The molecule has 1 aromatic rings. The highest BCUT2D eigenvalue weighted by molar-refractivity contribution is 7.09. The predicted molar refractivity (Wildman–Crippen MR) is 63.6 cm³/mol. The third-order valence-electron chi connectivity index (χ3n) is 2.06. The number of rotatable bonds is 7. The zero-order chi connectivity index (χ0) is 12.0. The normalized spacial score (nSPS) is 13.3. The molecule has 0 aromatic carbocycles. The topological polar surface area (TPSA) is 51.6 Å². The van der Waals surface area contributed by atoms with Crippen molar-refractivity contribution in [2.75, 3.05) is 13.2 Å². The number of thiazole rings is 1. The minimum absolute atomic E-state index is 0.467. The third kappa shape index (κ3) is 4.17. The fraction of sp³-hybridized carbons (Fsp3) is 0.727. The molecular weight excluding hydrogens is 226 g/mol. The average molecular weight is 245 g/mol. The van der Waals surface area contributed by atoms with Crippen LogP contribution in [-0.4, -0.2) is 35.7 Å². The van der Waals surface area contributed by atoms with E-state index in [2.05, 4.69) is 4.98 Å². The molecule has 5 heteroatoms. The van der Waals surface area contributed by atoms with Crippen LogP contribution in [0.3, 0.4) is 0 Å². The van der Waals surface area contributed by atoms with Crippen LogP contribution in [0.1, 0.15) is 24.5 Å². The number of aryl methyl sites for hydroxylation is 1. The van der Waals surface area contributed by atoms with Crippen LogP contribution in [0.25, 0.3) is 0 Å². The Morgan fingerprint density at radius 1 is 1.38 bits per heavy atom. The van der Waals surface area contributed by atoms with Gasteiger partial charge in [-0.3, -0.25) is 0 Å². The molecule has 0 radical (unpaired) electrons. The number of aliphatic hydroxyl groups is 1. The van der Waals surface area contributed by atoms with Crippen molar-refractivity contribution in [1.29, 1.82) is 0 Å². The molecule has 0 saturated heterocycles. The second-order valence-electron chi connectivity index (χ2n) is 3.41. The van der Waals surface area contributed by atoms with Gasteiger partial charge >= 0.3 is 0 Å². The minimum atomic E-state index is -0.665. The standard InChI is InChI=1S/C11H19NO3S/c1-4-14-11(15-5-2)10(13)6-9-7-16-8(3)12-9/h7,10-11,13H,4-6H2,1-3H3. The summed E-state index contributed by atoms with van der Waals surface area (Å²) in [6.45, 7) is 6.76. The van der Waals surface area contributed by atoms with E-state index in [0.717, 1.165) is 10.7 Å². The van der Waals surface area contributed by atoms with E-state index in [-0.39, 0.29) is 0 Å². The van der Waals surface area contributed by atoms with Crippen LogP contribution in [-0.2, 0) is 15.9 Å². The third-order valence-corrected chi connectivity index (χ3v) is 2.88. The molecule has 1 rings (SSSR count). The molecule has 0 amide bonds. The second kappa shape index (κ2) is 6.96. The van der Waals surface area contributed by atoms with Crippen molar-refractivity contribution in [3.05, 3.63) is 16.1 Å². The summed E-state index contributed by atoms with van der Waals surface area (Å²) in [7, 11) is 0. The molecule has 92 valence electrons. The molecule has 0 spiro atoms. The maximum Gasteiger partial charge on any atom is 0.183 e. The monoisotopic (exact) mass is 245 g/mol. The van der Waals surface area contributed by atoms with Gasteiger partial charge in [0.2, 0.25) is 0 Å². The summed E-state index contributed by atoms with van der Waals surface area (Å²) in [5, 5.41) is 12.9. The molecule has 16 heavy (non-hydrogen) atoms. The molecular formula is C11H19NO3S. The van der Waals surface area contributed by atoms with Gasteiger partial charge in [-0.25, -0.2) is 4.98 Å². The smallest absolute Gasteiger partial charge is 0.183 e. The molecule has 0 saturated carbocycles. The van der Waals surface area contributed by atoms with Gasteiger partial charge in [0.1, 0.15) is 6.10 Å². The number of hydrogen-bond donors (Lipinski definition) is 1. The van der Waals surface area contributed by atoms with Crippen LogP contribution in [0.5, 0.6) is 0 Å². The SMILES string of the molecule is CCOC(OCC)C(O)Cc1csc(C)n1. The largest absolute Gasteiger partial charge is 0.387 e. The molecule has 0 aliphatic carbocycles. The molecule has 0 fully saturated rings. The van der Waals surface area contributed by atoms with Crippen LogP contribution in [0.4, 0.5) is 0 Å². The Hall–Kier alpha value is -0.490. The van der Waals surface area contributed by atoms with Gasteiger partial charge in [-0.2, -0.15) is 0 Å². The van der Waals surface area contributed by atoms with Crippen molar-refractivity contribution in [3.63, 3.8) is 0 Å². The predicted octanol–water partition coefficient (Wildman–Crippen LogP) is 1.75. The van der Waals surface area contributed by atoms with E-state index in [1.54, 1.807) is 11.3 Å². The van der Waals surface area contributed by atoms with Gasteiger partial charge in [0.15, 0.2) is 6.29 Å². The van der Waals surface area contributed by atoms with E-state index in [9.17, 15) is 5.11 Å². The van der Waals surface area contributed by atoms with Gasteiger partial charge < -0.3 is 14.6 Å². The van der Waals surface area contributed by atoms with Gasteiger partial charge in [-0.05, 0) is 20.8 Å². The number of nitrogens with zero attached hydrogens (tertiary/aromatic N) is 1. The Morgan fingerprint density at radius 2 is 2.00 bits per heavy atom. The van der Waals surface area contributed by atoms with Gasteiger partial charge in [-0.1, -0.05) is 0 Å². The first-order chi connectivity index (χ1) is 7.67. The molecule has 1 heterocycles. The molecule has 1 aromatic heterocycles. The lowest BCUT2D eigenvalue weighted by Crippen LogP contribution is -2.33. The van der Waals surface area contributed by atoms with Crippen LogP contribution < -0.4 is 0 Å². The van der Waals surface area contributed by atoms with E-state index in [0.29, 0.717) is 19.6 Å². The van der Waals surface area contributed by atoms with Crippen molar-refractivity contribution in [1.82, 2.24) is 4.98 Å². The van der Waals surface area contributed by atoms with Gasteiger partial charge in [-0.15, -0.1) is 11.3 Å². The van der Waals surface area contributed by atoms with Crippen LogP contribution >= 0.6 is 11.3 Å². The summed E-state index contributed by atoms with van der Waals surface area (Å²) in [6, 6.07) is 0. The Bertz CT molecular complexity index is 297. The molecule has 4 nitrogen and oxygen atoms in total. The highest BCUT2D eigenvalue weighted by Crippen LogP contribution is 2.13. The lowest BCUT2D eigenvalue weighted by molar-refractivity contribution is -0.189. The van der Waals surface area contributed by atoms with Crippen LogP contribution in [0, 0.1) is 6.92 Å². The molecule has 0 aliphatic rings. The highest BCUT2D eigenvalue weighted by Gasteiger charge is 2.20. The Balaban J connectivity index is 2.50. The van der Waals surface area contributed by atoms with Crippen molar-refractivity contribution in [2.45, 2.75) is 39.6 Å². The Kier molecular flexibility index (Phi) is 5.90. The van der Waals surface area contributed by atoms with Gasteiger partial charge in [0.05, 0.1) is 10.7 Å². The van der Waals surface area contributed by atoms with Gasteiger partial charge in [0.25, 0.3) is 0 Å². The quantitative estimate of drug-likeness (QED) is 0.744. The number of ether oxygens (including phenoxy) is 2. The number of aliphatic hydroxyl groups excluding tert-OH is 1. The summed E-state index contributed by atoms with van der Waals surface area (Å²) < 4.78 is 10.7. The Morgan fingerprint density at radius 3 is 2.44 bits per heavy atom. The maximum atomic E-state index is 9.95. The summed E-state index contributed by atoms with van der Waals surface area (Å²) in [6.07, 6.45) is -0.756. The highest BCUT2D eigenvalue weighted by atomic mass is 32.1. The lowest BCUT2D eigenvalue weighted by Gasteiger charge is -2.21. The van der Waals surface area contributed by atoms with Crippen molar-refractivity contribution >= 4 is 11.3 Å². The summed E-state index contributed by atoms with van der Waals surface area (Å²) in [5.41, 5.74) is 0.888. The zero-order valence-corrected chi connectivity index (χ0v) is 10.8. The molecule has 0 aliphatic heterocycles. The summed E-state index contributed by atoms with van der Waals surface area (Å²) in [5.74, 6) is 0. The van der Waals surface area contributed by atoms with E-state index in [1.165, 1.54) is 0 Å². The molecule has 1 N–H and O–H groups in total. The number of aromatic nitrogens is 1. The number of hydrogen-bond acceptors (Lipinski definition) is 5. The first-order valence-electron chi connectivity index (χ1n) is 5.49. The fourth-order valence-corrected chi connectivity index (χ4v) is 2.04. The van der Waals surface area contributed by atoms with Crippen molar-refractivity contribution in [2.24, 2.45) is 0 Å². The fourth-order valence-electron chi connectivity index (χ4n) is 1.41. The van der Waals surface area contributed by atoms with Gasteiger partial charge in [0, 0.05) is 25.0 Å². The zero-order valence-electron chi connectivity index (χ0n) is 9.97. The first kappa shape index (κ1) is 13.6. The van der Waals surface area contributed by atoms with E-state index < -0.39 is 12.4 Å². The van der Waals surface area contributed by atoms with Crippen molar-refractivity contribution in [3.8, 4) is 0 Å². The first-order valence-corrected chi connectivity index (χ1v) is 6.37. The van der Waals surface area contributed by atoms with E-state index in [1.807, 2.05) is 26.2 Å². The molecule has 1 unspecified atom stereocenters. The summed E-state index contributed by atoms with van der Waals surface area (Å²) >= 11 is 1.58. The lowest BCUT2D eigenvalue weighted by atomic mass is 10.2. The van der Waals surface area contributed by atoms with E-state index in [4.69, 9.17) is 9.47 Å². The van der Waals surface area contributed by atoms with Crippen LogP contribution in [0.2, 0.25) is 0 Å². The van der Waals surface area contributed by atoms with Crippen molar-refractivity contribution < 1.29 is 14.6 Å². The summed E-state index contributed by atoms with van der Waals surface area (Å²) in [4.78, 5) is 4.30. The van der Waals surface area contributed by atoms with E-state index >= 15 is 0 Å². The molecule has 0 bridgehead atoms. The minimum Gasteiger partial charge on any atom is -0.387 e. The average Bonchev–Trinajstić information content (AvgIpc) is 2.63. The second-order valence-corrected chi connectivity index (χ2v) is 4.47. The Labute approximate surface area is 100 Å². The molecule has 1 atom stereocenters.